The van der Waals surface area contributed by atoms with Crippen molar-refractivity contribution in [2.75, 3.05) is 7.11 Å². The number of aromatic nitrogens is 2. The van der Waals surface area contributed by atoms with Gasteiger partial charge in [0.2, 0.25) is 0 Å². The Bertz CT molecular complexity index is 978. The maximum absolute atomic E-state index is 9.46. The molecule has 0 saturated heterocycles. The van der Waals surface area contributed by atoms with Gasteiger partial charge in [-0.3, -0.25) is 0 Å². The van der Waals surface area contributed by atoms with Gasteiger partial charge in [-0.25, -0.2) is 0 Å². The summed E-state index contributed by atoms with van der Waals surface area (Å²) in [7, 11) is 1.68. The number of ether oxygens (including phenoxy) is 1. The van der Waals surface area contributed by atoms with Gasteiger partial charge in [-0.2, -0.15) is 0 Å². The summed E-state index contributed by atoms with van der Waals surface area (Å²) in [5, 5.41) is 14.9. The Morgan fingerprint density at radius 3 is 2.96 bits per heavy atom. The molecule has 0 fully saturated rings. The van der Waals surface area contributed by atoms with Crippen LogP contribution in [0.3, 0.4) is 0 Å². The van der Waals surface area contributed by atoms with Crippen molar-refractivity contribution in [2.45, 2.75) is 25.8 Å². The van der Waals surface area contributed by atoms with E-state index in [1.54, 1.807) is 19.3 Å². The summed E-state index contributed by atoms with van der Waals surface area (Å²) in [6.45, 7) is 2.98. The molecule has 4 rings (SSSR count). The van der Waals surface area contributed by atoms with Crippen molar-refractivity contribution in [1.29, 1.82) is 0 Å². The van der Waals surface area contributed by atoms with E-state index in [0.29, 0.717) is 12.2 Å². The lowest BCUT2D eigenvalue weighted by molar-refractivity contribution is 0.370. The number of methoxy groups -OCH3 is 1. The number of rotatable bonds is 4. The van der Waals surface area contributed by atoms with Gasteiger partial charge < -0.3 is 18.9 Å². The standard InChI is InChI=1S/C20H20N2O3/c1-3-22-12-17(16-9-8-15(24-2)10-19(16)22)18-11-20(25-21-18)13-4-6-14(23)7-5-13/h4,6-13,23H,3,5H2,1-2H3. The highest BCUT2D eigenvalue weighted by molar-refractivity contribution is 5.95. The summed E-state index contributed by atoms with van der Waals surface area (Å²) in [5.41, 5.74) is 2.99. The molecule has 0 amide bonds. The maximum Gasteiger partial charge on any atom is 0.144 e. The van der Waals surface area contributed by atoms with E-state index in [1.807, 2.05) is 24.3 Å². The molecular weight excluding hydrogens is 316 g/mol. The van der Waals surface area contributed by atoms with Crippen LogP contribution in [0.15, 0.2) is 59.0 Å². The largest absolute Gasteiger partial charge is 0.508 e. The second kappa shape index (κ2) is 6.16. The zero-order valence-electron chi connectivity index (χ0n) is 14.3. The normalized spacial score (nSPS) is 17.0. The van der Waals surface area contributed by atoms with Crippen LogP contribution in [0.1, 0.15) is 25.0 Å². The van der Waals surface area contributed by atoms with Crippen LogP contribution >= 0.6 is 0 Å². The van der Waals surface area contributed by atoms with Gasteiger partial charge >= 0.3 is 0 Å². The smallest absolute Gasteiger partial charge is 0.144 e. The highest BCUT2D eigenvalue weighted by atomic mass is 16.5. The molecule has 1 aliphatic rings. The summed E-state index contributed by atoms with van der Waals surface area (Å²) in [6.07, 6.45) is 8.26. The number of aryl methyl sites for hydroxylation is 1. The third-order valence-electron chi connectivity index (χ3n) is 4.68. The Labute approximate surface area is 145 Å². The van der Waals surface area contributed by atoms with Crippen molar-refractivity contribution in [1.82, 2.24) is 9.72 Å². The van der Waals surface area contributed by atoms with E-state index in [4.69, 9.17) is 9.26 Å². The molecule has 0 saturated carbocycles. The van der Waals surface area contributed by atoms with E-state index < -0.39 is 0 Å². The van der Waals surface area contributed by atoms with E-state index in [2.05, 4.69) is 28.9 Å². The molecule has 0 bridgehead atoms. The molecule has 1 unspecified atom stereocenters. The van der Waals surface area contributed by atoms with Gasteiger partial charge in [0, 0.05) is 41.7 Å². The molecule has 2 aromatic heterocycles. The Kier molecular flexibility index (Phi) is 3.84. The minimum absolute atomic E-state index is 0.108. The number of aliphatic hydroxyl groups excluding tert-OH is 1. The van der Waals surface area contributed by atoms with Crippen molar-refractivity contribution >= 4 is 10.9 Å². The minimum atomic E-state index is 0.108. The number of benzene rings is 1. The number of nitrogens with zero attached hydrogens (tertiary/aromatic N) is 2. The summed E-state index contributed by atoms with van der Waals surface area (Å²) < 4.78 is 13.1. The summed E-state index contributed by atoms with van der Waals surface area (Å²) >= 11 is 0. The fourth-order valence-electron chi connectivity index (χ4n) is 3.28. The van der Waals surface area contributed by atoms with Crippen LogP contribution < -0.4 is 4.74 Å². The van der Waals surface area contributed by atoms with Gasteiger partial charge in [0.25, 0.3) is 0 Å². The van der Waals surface area contributed by atoms with E-state index in [9.17, 15) is 5.11 Å². The molecular formula is C20H20N2O3. The van der Waals surface area contributed by atoms with Gasteiger partial charge in [0.05, 0.1) is 12.6 Å². The quantitative estimate of drug-likeness (QED) is 0.743. The molecule has 1 aliphatic carbocycles. The fraction of sp³-hybridized carbons (Fsp3) is 0.250. The lowest BCUT2D eigenvalue weighted by atomic mass is 9.97. The zero-order chi connectivity index (χ0) is 17.4. The molecule has 1 atom stereocenters. The SMILES string of the molecule is CCn1cc(-c2cc(C3C=CC(O)=CC3)on2)c2ccc(OC)cc21. The van der Waals surface area contributed by atoms with Crippen LogP contribution in [0.25, 0.3) is 22.2 Å². The Morgan fingerprint density at radius 1 is 1.36 bits per heavy atom. The summed E-state index contributed by atoms with van der Waals surface area (Å²) in [5.74, 6) is 2.06. The van der Waals surface area contributed by atoms with Crippen molar-refractivity contribution < 1.29 is 14.4 Å². The van der Waals surface area contributed by atoms with Crippen molar-refractivity contribution in [3.8, 4) is 17.0 Å². The molecule has 0 radical (unpaired) electrons. The number of hydrogen-bond acceptors (Lipinski definition) is 4. The monoisotopic (exact) mass is 336 g/mol. The van der Waals surface area contributed by atoms with Crippen LogP contribution in [0.5, 0.6) is 5.75 Å². The summed E-state index contributed by atoms with van der Waals surface area (Å²) in [4.78, 5) is 0. The fourth-order valence-corrected chi connectivity index (χ4v) is 3.28. The lowest BCUT2D eigenvalue weighted by Crippen LogP contribution is -1.96. The van der Waals surface area contributed by atoms with E-state index in [0.717, 1.165) is 40.2 Å². The predicted octanol–water partition coefficient (Wildman–Crippen LogP) is 4.81. The van der Waals surface area contributed by atoms with Gasteiger partial charge in [-0.15, -0.1) is 0 Å². The average molecular weight is 336 g/mol. The lowest BCUT2D eigenvalue weighted by Gasteiger charge is -2.09. The van der Waals surface area contributed by atoms with Crippen LogP contribution in [-0.4, -0.2) is 21.9 Å². The maximum atomic E-state index is 9.46. The second-order valence-corrected chi connectivity index (χ2v) is 6.16. The molecule has 5 nitrogen and oxygen atoms in total. The first-order valence-electron chi connectivity index (χ1n) is 8.40. The Hall–Kier alpha value is -2.95. The molecule has 1 aromatic carbocycles. The molecule has 25 heavy (non-hydrogen) atoms. The van der Waals surface area contributed by atoms with Gasteiger partial charge in [-0.05, 0) is 37.6 Å². The average Bonchev–Trinajstić information content (AvgIpc) is 3.26. The predicted molar refractivity (Wildman–Crippen MR) is 96.9 cm³/mol. The van der Waals surface area contributed by atoms with Crippen LogP contribution in [0, 0.1) is 0 Å². The molecule has 2 heterocycles. The molecule has 0 spiro atoms. The molecule has 3 aromatic rings. The van der Waals surface area contributed by atoms with Crippen LogP contribution in [-0.2, 0) is 6.54 Å². The first kappa shape index (κ1) is 15.6. The van der Waals surface area contributed by atoms with E-state index >= 15 is 0 Å². The number of hydrogen-bond donors (Lipinski definition) is 1. The Balaban J connectivity index is 1.74. The minimum Gasteiger partial charge on any atom is -0.508 e. The highest BCUT2D eigenvalue weighted by Crippen LogP contribution is 2.35. The van der Waals surface area contributed by atoms with Gasteiger partial charge in [0.15, 0.2) is 0 Å². The third-order valence-corrected chi connectivity index (χ3v) is 4.68. The highest BCUT2D eigenvalue weighted by Gasteiger charge is 2.19. The topological polar surface area (TPSA) is 60.4 Å². The van der Waals surface area contributed by atoms with Gasteiger partial charge in [0.1, 0.15) is 23.0 Å². The number of fused-ring (bicyclic) bond motifs is 1. The third kappa shape index (κ3) is 2.71. The molecule has 128 valence electrons. The number of aliphatic hydroxyl groups is 1. The van der Waals surface area contributed by atoms with Crippen LogP contribution in [0.2, 0.25) is 0 Å². The second-order valence-electron chi connectivity index (χ2n) is 6.16. The van der Waals surface area contributed by atoms with E-state index in [-0.39, 0.29) is 5.92 Å². The van der Waals surface area contributed by atoms with Gasteiger partial charge in [-0.1, -0.05) is 11.2 Å². The van der Waals surface area contributed by atoms with Crippen molar-refractivity contribution in [2.24, 2.45) is 0 Å². The molecule has 5 heteroatoms. The van der Waals surface area contributed by atoms with Crippen molar-refractivity contribution in [3.63, 3.8) is 0 Å². The zero-order valence-corrected chi connectivity index (χ0v) is 14.3. The molecule has 0 aliphatic heterocycles. The first-order valence-corrected chi connectivity index (χ1v) is 8.40. The van der Waals surface area contributed by atoms with E-state index in [1.165, 1.54) is 0 Å². The Morgan fingerprint density at radius 2 is 2.24 bits per heavy atom. The molecule has 1 N–H and O–H groups in total. The first-order chi connectivity index (χ1) is 12.2. The van der Waals surface area contributed by atoms with Crippen molar-refractivity contribution in [3.05, 3.63) is 60.2 Å². The summed E-state index contributed by atoms with van der Waals surface area (Å²) in [6, 6.07) is 8.06. The van der Waals surface area contributed by atoms with Crippen LogP contribution in [0.4, 0.5) is 0 Å². The number of allylic oxidation sites excluding steroid dienone is 3.